The van der Waals surface area contributed by atoms with E-state index in [-0.39, 0.29) is 25.7 Å². The molecule has 0 saturated heterocycles. The molecule has 1 aliphatic carbocycles. The van der Waals surface area contributed by atoms with Crippen LogP contribution in [0.2, 0.25) is 0 Å². The molecule has 3 nitrogen and oxygen atoms in total. The second kappa shape index (κ2) is 4.16. The molecule has 6 heteroatoms. The van der Waals surface area contributed by atoms with Gasteiger partial charge in [-0.05, 0) is 25.7 Å². The molecule has 0 aliphatic heterocycles. The minimum absolute atomic E-state index is 0.0106. The van der Waals surface area contributed by atoms with Crippen molar-refractivity contribution < 1.29 is 22.8 Å². The fourth-order valence-corrected chi connectivity index (χ4v) is 1.75. The Morgan fingerprint density at radius 3 is 2.07 bits per heavy atom. The van der Waals surface area contributed by atoms with Crippen molar-refractivity contribution in [3.63, 3.8) is 0 Å². The third-order valence-corrected chi connectivity index (χ3v) is 2.64. The minimum atomic E-state index is -4.14. The van der Waals surface area contributed by atoms with Crippen molar-refractivity contribution in [3.8, 4) is 0 Å². The summed E-state index contributed by atoms with van der Waals surface area (Å²) in [4.78, 5) is 14.9. The lowest BCUT2D eigenvalue weighted by molar-refractivity contribution is -0.186. The Morgan fingerprint density at radius 1 is 1.21 bits per heavy atom. The van der Waals surface area contributed by atoms with Gasteiger partial charge in [-0.1, -0.05) is 0 Å². The van der Waals surface area contributed by atoms with Crippen molar-refractivity contribution in [3.05, 3.63) is 0 Å². The summed E-state index contributed by atoms with van der Waals surface area (Å²) in [5.74, 6) is 2.31. The van der Waals surface area contributed by atoms with E-state index in [1.807, 2.05) is 0 Å². The number of nitrogens with two attached hydrogens (primary N) is 1. The molecule has 0 aromatic heterocycles. The van der Waals surface area contributed by atoms with E-state index in [0.717, 1.165) is 0 Å². The van der Waals surface area contributed by atoms with Crippen LogP contribution >= 0.6 is 0 Å². The van der Waals surface area contributed by atoms with Gasteiger partial charge in [0.2, 0.25) is 0 Å². The van der Waals surface area contributed by atoms with Gasteiger partial charge in [-0.25, -0.2) is 0 Å². The number of hydrogen-bond donors (Lipinski definition) is 1. The molecule has 0 unspecified atom stereocenters. The van der Waals surface area contributed by atoms with Gasteiger partial charge in [0.25, 0.3) is 0 Å². The van der Waals surface area contributed by atoms with Crippen molar-refractivity contribution in [2.75, 3.05) is 0 Å². The molecule has 0 aromatic rings. The van der Waals surface area contributed by atoms with Crippen molar-refractivity contribution in [2.45, 2.75) is 31.9 Å². The Kier molecular flexibility index (Phi) is 3.36. The highest BCUT2D eigenvalue weighted by Gasteiger charge is 2.42. The third kappa shape index (κ3) is 2.60. The van der Waals surface area contributed by atoms with E-state index < -0.39 is 24.0 Å². The van der Waals surface area contributed by atoms with E-state index >= 15 is 0 Å². The molecule has 0 bridgehead atoms. The van der Waals surface area contributed by atoms with Crippen LogP contribution in [0.5, 0.6) is 0 Å². The molecule has 0 heterocycles. The summed E-state index contributed by atoms with van der Waals surface area (Å²) in [6.07, 6.45) is -3.75. The number of rotatable bonds is 1. The first-order valence-electron chi connectivity index (χ1n) is 4.42. The van der Waals surface area contributed by atoms with E-state index in [2.05, 4.69) is 10.7 Å². The first kappa shape index (κ1) is 11.3. The molecule has 0 atom stereocenters. The molecule has 0 amide bonds. The van der Waals surface area contributed by atoms with Crippen LogP contribution < -0.4 is 5.90 Å². The summed E-state index contributed by atoms with van der Waals surface area (Å²) in [6, 6.07) is 0. The fraction of sp³-hybridized carbons (Fsp3) is 0.875. The molecule has 1 fully saturated rings. The summed E-state index contributed by atoms with van der Waals surface area (Å²) >= 11 is 0. The van der Waals surface area contributed by atoms with Gasteiger partial charge in [0.15, 0.2) is 0 Å². The van der Waals surface area contributed by atoms with Gasteiger partial charge in [-0.2, -0.15) is 19.1 Å². The number of halogens is 3. The SMILES string of the molecule is NOC(=O)[C@H]1CC[C@H](C(F)(F)F)CC1. The number of carbonyl (C=O) groups is 1. The maximum Gasteiger partial charge on any atom is 0.391 e. The average molecular weight is 211 g/mol. The van der Waals surface area contributed by atoms with Crippen LogP contribution in [-0.4, -0.2) is 12.1 Å². The molecular weight excluding hydrogens is 199 g/mol. The highest BCUT2D eigenvalue weighted by molar-refractivity contribution is 5.72. The Morgan fingerprint density at radius 2 is 1.71 bits per heavy atom. The van der Waals surface area contributed by atoms with E-state index in [1.165, 1.54) is 0 Å². The van der Waals surface area contributed by atoms with Gasteiger partial charge in [-0.3, -0.25) is 4.79 Å². The molecule has 0 spiro atoms. The molecular formula is C8H12F3NO2. The van der Waals surface area contributed by atoms with Gasteiger partial charge in [0.1, 0.15) is 0 Å². The van der Waals surface area contributed by atoms with E-state index in [0.29, 0.717) is 0 Å². The van der Waals surface area contributed by atoms with Crippen LogP contribution in [0.25, 0.3) is 0 Å². The topological polar surface area (TPSA) is 52.3 Å². The second-order valence-corrected chi connectivity index (χ2v) is 3.53. The Bertz CT molecular complexity index is 209. The lowest BCUT2D eigenvalue weighted by Crippen LogP contribution is -2.31. The normalized spacial score (nSPS) is 28.6. The standard InChI is InChI=1S/C8H12F3NO2/c9-8(10,11)6-3-1-5(2-4-6)7(13)14-12/h5-6H,1-4,12H2/t5-,6-. The van der Waals surface area contributed by atoms with Gasteiger partial charge in [0, 0.05) is 0 Å². The van der Waals surface area contributed by atoms with E-state index in [9.17, 15) is 18.0 Å². The smallest absolute Gasteiger partial charge is 0.373 e. The zero-order valence-electron chi connectivity index (χ0n) is 7.51. The van der Waals surface area contributed by atoms with Gasteiger partial charge < -0.3 is 4.84 Å². The fourth-order valence-electron chi connectivity index (χ4n) is 1.75. The Labute approximate surface area is 79.4 Å². The van der Waals surface area contributed by atoms with Crippen LogP contribution in [0, 0.1) is 11.8 Å². The Hall–Kier alpha value is -0.780. The molecule has 1 aliphatic rings. The molecule has 0 radical (unpaired) electrons. The Balaban J connectivity index is 2.43. The van der Waals surface area contributed by atoms with Crippen LogP contribution in [0.15, 0.2) is 0 Å². The summed E-state index contributed by atoms with van der Waals surface area (Å²) in [7, 11) is 0. The monoisotopic (exact) mass is 211 g/mol. The van der Waals surface area contributed by atoms with Crippen LogP contribution in [-0.2, 0) is 9.63 Å². The lowest BCUT2D eigenvalue weighted by Gasteiger charge is -2.27. The molecule has 14 heavy (non-hydrogen) atoms. The quantitative estimate of drug-likeness (QED) is 0.672. The van der Waals surface area contributed by atoms with Crippen molar-refractivity contribution >= 4 is 5.97 Å². The van der Waals surface area contributed by atoms with Crippen LogP contribution in [0.1, 0.15) is 25.7 Å². The summed E-state index contributed by atoms with van der Waals surface area (Å²) < 4.78 is 36.6. The largest absolute Gasteiger partial charge is 0.391 e. The predicted octanol–water partition coefficient (Wildman–Crippen LogP) is 1.77. The summed E-state index contributed by atoms with van der Waals surface area (Å²) in [5, 5.41) is 0. The highest BCUT2D eigenvalue weighted by atomic mass is 19.4. The predicted molar refractivity (Wildman–Crippen MR) is 41.8 cm³/mol. The first-order chi connectivity index (χ1) is 6.45. The van der Waals surface area contributed by atoms with Gasteiger partial charge in [-0.15, -0.1) is 0 Å². The van der Waals surface area contributed by atoms with Crippen LogP contribution in [0.4, 0.5) is 13.2 Å². The highest BCUT2D eigenvalue weighted by Crippen LogP contribution is 2.39. The maximum atomic E-state index is 12.2. The number of carbonyl (C=O) groups excluding carboxylic acids is 1. The lowest BCUT2D eigenvalue weighted by atomic mass is 9.82. The van der Waals surface area contributed by atoms with Crippen molar-refractivity contribution in [2.24, 2.45) is 17.7 Å². The average Bonchev–Trinajstić information content (AvgIpc) is 2.15. The summed E-state index contributed by atoms with van der Waals surface area (Å²) in [6.45, 7) is 0. The number of hydrogen-bond acceptors (Lipinski definition) is 3. The molecule has 0 aromatic carbocycles. The third-order valence-electron chi connectivity index (χ3n) is 2.64. The van der Waals surface area contributed by atoms with Crippen molar-refractivity contribution in [1.29, 1.82) is 0 Å². The first-order valence-corrected chi connectivity index (χ1v) is 4.42. The second-order valence-electron chi connectivity index (χ2n) is 3.53. The van der Waals surface area contributed by atoms with E-state index in [1.54, 1.807) is 0 Å². The van der Waals surface area contributed by atoms with Crippen LogP contribution in [0.3, 0.4) is 0 Å². The van der Waals surface area contributed by atoms with Crippen molar-refractivity contribution in [1.82, 2.24) is 0 Å². The molecule has 2 N–H and O–H groups in total. The zero-order chi connectivity index (χ0) is 10.8. The maximum absolute atomic E-state index is 12.2. The molecule has 1 saturated carbocycles. The molecule has 82 valence electrons. The number of alkyl halides is 3. The minimum Gasteiger partial charge on any atom is -0.373 e. The van der Waals surface area contributed by atoms with Gasteiger partial charge >= 0.3 is 12.1 Å². The van der Waals surface area contributed by atoms with E-state index in [4.69, 9.17) is 0 Å². The molecule has 1 rings (SSSR count). The summed E-state index contributed by atoms with van der Waals surface area (Å²) in [5.41, 5.74) is 0. The zero-order valence-corrected chi connectivity index (χ0v) is 7.51. The van der Waals surface area contributed by atoms with Gasteiger partial charge in [0.05, 0.1) is 11.8 Å².